The highest BCUT2D eigenvalue weighted by molar-refractivity contribution is 5.93. The van der Waals surface area contributed by atoms with E-state index >= 15 is 0 Å². The van der Waals surface area contributed by atoms with Crippen LogP contribution in [-0.4, -0.2) is 60.3 Å². The number of likely N-dealkylation sites (N-methyl/N-ethyl adjacent to an activating group) is 1. The lowest BCUT2D eigenvalue weighted by Gasteiger charge is -2.40. The molecule has 0 saturated carbocycles. The van der Waals surface area contributed by atoms with Gasteiger partial charge in [-0.25, -0.2) is 4.79 Å². The van der Waals surface area contributed by atoms with Gasteiger partial charge in [0.25, 0.3) is 0 Å². The maximum atomic E-state index is 12.8. The number of hydrogen-bond donors (Lipinski definition) is 2. The van der Waals surface area contributed by atoms with Gasteiger partial charge in [0.05, 0.1) is 6.67 Å². The molecule has 1 aromatic rings. The fourth-order valence-electron chi connectivity index (χ4n) is 3.71. The SMILES string of the molecule is CCC(Oc1ccc(N2CN(C)C(=O)C23CCNCC3)cc1)C(=O)O. The summed E-state index contributed by atoms with van der Waals surface area (Å²) in [6, 6.07) is 7.36. The molecule has 7 nitrogen and oxygen atoms in total. The highest BCUT2D eigenvalue weighted by Gasteiger charge is 2.51. The van der Waals surface area contributed by atoms with Crippen LogP contribution < -0.4 is 15.0 Å². The van der Waals surface area contributed by atoms with Gasteiger partial charge < -0.3 is 25.0 Å². The van der Waals surface area contributed by atoms with Gasteiger partial charge in [-0.05, 0) is 56.6 Å². The van der Waals surface area contributed by atoms with Crippen LogP contribution in [0.25, 0.3) is 0 Å². The Bertz CT molecular complexity index is 640. The van der Waals surface area contributed by atoms with E-state index in [1.165, 1.54) is 0 Å². The van der Waals surface area contributed by atoms with Crippen LogP contribution in [0.4, 0.5) is 5.69 Å². The van der Waals surface area contributed by atoms with Crippen LogP contribution in [0.3, 0.4) is 0 Å². The molecular weight excluding hydrogens is 322 g/mol. The van der Waals surface area contributed by atoms with Gasteiger partial charge in [-0.3, -0.25) is 4.79 Å². The van der Waals surface area contributed by atoms with Crippen molar-refractivity contribution in [1.29, 1.82) is 0 Å². The fourth-order valence-corrected chi connectivity index (χ4v) is 3.71. The van der Waals surface area contributed by atoms with Crippen LogP contribution >= 0.6 is 0 Å². The Kier molecular flexibility index (Phi) is 4.85. The molecule has 0 bridgehead atoms. The monoisotopic (exact) mass is 347 g/mol. The van der Waals surface area contributed by atoms with Crippen LogP contribution in [0.15, 0.2) is 24.3 Å². The molecule has 0 aliphatic carbocycles. The van der Waals surface area contributed by atoms with E-state index in [1.807, 2.05) is 19.2 Å². The van der Waals surface area contributed by atoms with Gasteiger partial charge in [-0.15, -0.1) is 0 Å². The van der Waals surface area contributed by atoms with Crippen molar-refractivity contribution in [2.24, 2.45) is 0 Å². The number of rotatable bonds is 5. The maximum Gasteiger partial charge on any atom is 0.344 e. The van der Waals surface area contributed by atoms with Crippen molar-refractivity contribution in [3.63, 3.8) is 0 Å². The van der Waals surface area contributed by atoms with Crippen LogP contribution in [0.2, 0.25) is 0 Å². The Morgan fingerprint density at radius 2 is 1.96 bits per heavy atom. The zero-order chi connectivity index (χ0) is 18.0. The van der Waals surface area contributed by atoms with E-state index in [2.05, 4.69) is 10.2 Å². The predicted molar refractivity (Wildman–Crippen MR) is 93.7 cm³/mol. The summed E-state index contributed by atoms with van der Waals surface area (Å²) in [4.78, 5) is 27.8. The number of carbonyl (C=O) groups excluding carboxylic acids is 1. The molecule has 1 atom stereocenters. The second-order valence-electron chi connectivity index (χ2n) is 6.70. The van der Waals surface area contributed by atoms with Gasteiger partial charge in [-0.1, -0.05) is 6.92 Å². The van der Waals surface area contributed by atoms with Crippen molar-refractivity contribution in [3.05, 3.63) is 24.3 Å². The van der Waals surface area contributed by atoms with Gasteiger partial charge in [0.1, 0.15) is 11.3 Å². The smallest absolute Gasteiger partial charge is 0.344 e. The first-order chi connectivity index (χ1) is 12.0. The summed E-state index contributed by atoms with van der Waals surface area (Å²) in [6.45, 7) is 3.99. The molecule has 0 radical (unpaired) electrons. The van der Waals surface area contributed by atoms with Crippen molar-refractivity contribution < 1.29 is 19.4 Å². The summed E-state index contributed by atoms with van der Waals surface area (Å²) < 4.78 is 5.52. The van der Waals surface area contributed by atoms with E-state index in [0.717, 1.165) is 31.6 Å². The van der Waals surface area contributed by atoms with Crippen molar-refractivity contribution in [3.8, 4) is 5.75 Å². The Hall–Kier alpha value is -2.28. The largest absolute Gasteiger partial charge is 0.479 e. The average molecular weight is 347 g/mol. The fraction of sp³-hybridized carbons (Fsp3) is 0.556. The average Bonchev–Trinajstić information content (AvgIpc) is 2.86. The molecule has 2 N–H and O–H groups in total. The first kappa shape index (κ1) is 17.5. The second-order valence-corrected chi connectivity index (χ2v) is 6.70. The van der Waals surface area contributed by atoms with Gasteiger partial charge in [-0.2, -0.15) is 0 Å². The number of piperidine rings is 1. The summed E-state index contributed by atoms with van der Waals surface area (Å²) in [6.07, 6.45) is 1.12. The van der Waals surface area contributed by atoms with Crippen LogP contribution in [-0.2, 0) is 9.59 Å². The Morgan fingerprint density at radius 1 is 1.32 bits per heavy atom. The number of benzene rings is 1. The Morgan fingerprint density at radius 3 is 2.52 bits per heavy atom. The number of nitrogens with zero attached hydrogens (tertiary/aromatic N) is 2. The molecule has 25 heavy (non-hydrogen) atoms. The molecule has 7 heteroatoms. The molecule has 1 amide bonds. The van der Waals surface area contributed by atoms with E-state index in [1.54, 1.807) is 24.0 Å². The Labute approximate surface area is 147 Å². The second kappa shape index (κ2) is 6.92. The van der Waals surface area contributed by atoms with Crippen LogP contribution in [0.1, 0.15) is 26.2 Å². The minimum atomic E-state index is -0.966. The summed E-state index contributed by atoms with van der Waals surface area (Å²) in [5, 5.41) is 12.4. The number of carboxylic acids is 1. The van der Waals surface area contributed by atoms with E-state index < -0.39 is 17.6 Å². The predicted octanol–water partition coefficient (Wildman–Crippen LogP) is 1.29. The topological polar surface area (TPSA) is 82.1 Å². The molecule has 2 aliphatic heterocycles. The first-order valence-corrected chi connectivity index (χ1v) is 8.71. The normalized spacial score (nSPS) is 20.8. The van der Waals surface area contributed by atoms with E-state index in [9.17, 15) is 9.59 Å². The summed E-state index contributed by atoms with van der Waals surface area (Å²) in [5.41, 5.74) is 0.477. The lowest BCUT2D eigenvalue weighted by Crippen LogP contribution is -2.55. The molecular formula is C18H25N3O4. The summed E-state index contributed by atoms with van der Waals surface area (Å²) >= 11 is 0. The molecule has 1 unspecified atom stereocenters. The third-order valence-corrected chi connectivity index (χ3v) is 5.12. The van der Waals surface area contributed by atoms with Crippen molar-refractivity contribution >= 4 is 17.6 Å². The number of aliphatic carboxylic acids is 1. The van der Waals surface area contributed by atoms with Crippen molar-refractivity contribution in [1.82, 2.24) is 10.2 Å². The van der Waals surface area contributed by atoms with Crippen molar-refractivity contribution in [2.45, 2.75) is 37.8 Å². The number of anilines is 1. The highest BCUT2D eigenvalue weighted by Crippen LogP contribution is 2.38. The standard InChI is InChI=1S/C18H25N3O4/c1-3-15(16(22)23)25-14-6-4-13(5-7-14)21-12-20(2)17(24)18(21)8-10-19-11-9-18/h4-7,15,19H,3,8-12H2,1-2H3,(H,22,23). The van der Waals surface area contributed by atoms with Gasteiger partial charge >= 0.3 is 5.97 Å². The Balaban J connectivity index is 1.81. The van der Waals surface area contributed by atoms with E-state index in [-0.39, 0.29) is 5.91 Å². The molecule has 2 aliphatic rings. The first-order valence-electron chi connectivity index (χ1n) is 8.71. The zero-order valence-corrected chi connectivity index (χ0v) is 14.7. The molecule has 1 spiro atoms. The minimum Gasteiger partial charge on any atom is -0.479 e. The summed E-state index contributed by atoms with van der Waals surface area (Å²) in [5.74, 6) is -0.269. The number of hydrogen-bond acceptors (Lipinski definition) is 5. The van der Waals surface area contributed by atoms with Crippen LogP contribution in [0, 0.1) is 0 Å². The number of carbonyl (C=O) groups is 2. The third kappa shape index (κ3) is 3.16. The third-order valence-electron chi connectivity index (χ3n) is 5.12. The molecule has 2 heterocycles. The minimum absolute atomic E-state index is 0.172. The molecule has 1 aromatic carbocycles. The lowest BCUT2D eigenvalue weighted by molar-refractivity contribution is -0.145. The molecule has 2 fully saturated rings. The van der Waals surface area contributed by atoms with Gasteiger partial charge in [0, 0.05) is 12.7 Å². The number of amides is 1. The van der Waals surface area contributed by atoms with Crippen molar-refractivity contribution in [2.75, 3.05) is 31.7 Å². The van der Waals surface area contributed by atoms with E-state index in [0.29, 0.717) is 18.8 Å². The molecule has 3 rings (SSSR count). The number of carboxylic acid groups (broad SMARTS) is 1. The van der Waals surface area contributed by atoms with E-state index in [4.69, 9.17) is 9.84 Å². The lowest BCUT2D eigenvalue weighted by atomic mass is 9.86. The molecule has 0 aromatic heterocycles. The van der Waals surface area contributed by atoms with Gasteiger partial charge in [0.2, 0.25) is 5.91 Å². The number of ether oxygens (including phenoxy) is 1. The highest BCUT2D eigenvalue weighted by atomic mass is 16.5. The maximum absolute atomic E-state index is 12.8. The quantitative estimate of drug-likeness (QED) is 0.835. The van der Waals surface area contributed by atoms with Gasteiger partial charge in [0.15, 0.2) is 6.10 Å². The summed E-state index contributed by atoms with van der Waals surface area (Å²) in [7, 11) is 1.84. The van der Waals surface area contributed by atoms with Crippen LogP contribution in [0.5, 0.6) is 5.75 Å². The molecule has 136 valence electrons. The number of nitrogens with one attached hydrogen (secondary N) is 1. The molecule has 2 saturated heterocycles. The zero-order valence-electron chi connectivity index (χ0n) is 14.7.